The minimum Gasteiger partial charge on any atom is -0.326 e. The molecule has 6 nitrogen and oxygen atoms in total. The molecule has 2 N–H and O–H groups in total. The lowest BCUT2D eigenvalue weighted by Crippen LogP contribution is -2.14. The third-order valence-corrected chi connectivity index (χ3v) is 4.33. The van der Waals surface area contributed by atoms with Gasteiger partial charge in [-0.25, -0.2) is 4.68 Å². The number of carbonyl (C=O) groups excluding carboxylic acids is 2. The average molecular weight is 362 g/mol. The zero-order valence-corrected chi connectivity index (χ0v) is 15.8. The monoisotopic (exact) mass is 362 g/mol. The van der Waals surface area contributed by atoms with Crippen molar-refractivity contribution in [1.29, 1.82) is 0 Å². The summed E-state index contributed by atoms with van der Waals surface area (Å²) in [5, 5.41) is 10.00. The second-order valence-electron chi connectivity index (χ2n) is 6.56. The first-order valence-electron chi connectivity index (χ1n) is 8.66. The molecule has 138 valence electrons. The minimum atomic E-state index is -0.225. The smallest absolute Gasteiger partial charge is 0.259 e. The number of aryl methyl sites for hydroxylation is 2. The van der Waals surface area contributed by atoms with Gasteiger partial charge in [0.05, 0.1) is 23.1 Å². The summed E-state index contributed by atoms with van der Waals surface area (Å²) in [6.07, 6.45) is 1.57. The Bertz CT molecular complexity index is 1000. The van der Waals surface area contributed by atoms with Crippen LogP contribution in [0.5, 0.6) is 0 Å². The molecule has 0 saturated carbocycles. The largest absolute Gasteiger partial charge is 0.326 e. The van der Waals surface area contributed by atoms with E-state index in [0.717, 1.165) is 22.6 Å². The van der Waals surface area contributed by atoms with E-state index in [1.807, 2.05) is 51.1 Å². The van der Waals surface area contributed by atoms with Crippen LogP contribution < -0.4 is 10.6 Å². The van der Waals surface area contributed by atoms with Crippen molar-refractivity contribution < 1.29 is 9.59 Å². The maximum Gasteiger partial charge on any atom is 0.259 e. The van der Waals surface area contributed by atoms with Crippen LogP contribution in [-0.4, -0.2) is 21.6 Å². The van der Waals surface area contributed by atoms with Crippen LogP contribution in [0.15, 0.2) is 48.7 Å². The second kappa shape index (κ2) is 7.45. The highest BCUT2D eigenvalue weighted by atomic mass is 16.2. The van der Waals surface area contributed by atoms with E-state index in [2.05, 4.69) is 15.7 Å². The quantitative estimate of drug-likeness (QED) is 0.736. The maximum absolute atomic E-state index is 12.7. The maximum atomic E-state index is 12.7. The highest BCUT2D eigenvalue weighted by Crippen LogP contribution is 2.21. The summed E-state index contributed by atoms with van der Waals surface area (Å²) in [5.74, 6) is -0.355. The molecule has 0 spiro atoms. The Balaban J connectivity index is 1.80. The first-order chi connectivity index (χ1) is 12.8. The number of aromatic nitrogens is 2. The Morgan fingerprint density at radius 2 is 1.67 bits per heavy atom. The third kappa shape index (κ3) is 4.06. The Morgan fingerprint density at radius 3 is 2.30 bits per heavy atom. The molecule has 2 amide bonds. The SMILES string of the molecule is CC(=O)Nc1ccc(NC(=O)c2cnn(-c3ccc(C)cc3)c2C)cc1C. The van der Waals surface area contributed by atoms with Crippen LogP contribution >= 0.6 is 0 Å². The summed E-state index contributed by atoms with van der Waals surface area (Å²) in [7, 11) is 0. The lowest BCUT2D eigenvalue weighted by atomic mass is 10.1. The van der Waals surface area contributed by atoms with E-state index >= 15 is 0 Å². The summed E-state index contributed by atoms with van der Waals surface area (Å²) in [6, 6.07) is 13.3. The van der Waals surface area contributed by atoms with Gasteiger partial charge < -0.3 is 10.6 Å². The standard InChI is InChI=1S/C21H22N4O2/c1-13-5-8-18(9-6-13)25-15(3)19(12-22-25)21(27)24-17-7-10-20(14(2)11-17)23-16(4)26/h5-12H,1-4H3,(H,23,26)(H,24,27). The van der Waals surface area contributed by atoms with Crippen molar-refractivity contribution in [3.8, 4) is 5.69 Å². The predicted molar refractivity (Wildman–Crippen MR) is 106 cm³/mol. The van der Waals surface area contributed by atoms with E-state index in [4.69, 9.17) is 0 Å². The molecule has 0 unspecified atom stereocenters. The van der Waals surface area contributed by atoms with Crippen LogP contribution in [0.4, 0.5) is 11.4 Å². The zero-order chi connectivity index (χ0) is 19.6. The van der Waals surface area contributed by atoms with Gasteiger partial charge in [-0.1, -0.05) is 17.7 Å². The van der Waals surface area contributed by atoms with E-state index in [1.54, 1.807) is 23.0 Å². The number of rotatable bonds is 4. The molecule has 0 saturated heterocycles. The first-order valence-corrected chi connectivity index (χ1v) is 8.66. The Hall–Kier alpha value is -3.41. The Morgan fingerprint density at radius 1 is 0.963 bits per heavy atom. The molecule has 2 aromatic carbocycles. The number of hydrogen-bond donors (Lipinski definition) is 2. The van der Waals surface area contributed by atoms with E-state index in [-0.39, 0.29) is 11.8 Å². The molecule has 0 aliphatic heterocycles. The van der Waals surface area contributed by atoms with Crippen molar-refractivity contribution in [2.75, 3.05) is 10.6 Å². The van der Waals surface area contributed by atoms with Crippen LogP contribution in [0.25, 0.3) is 5.69 Å². The van der Waals surface area contributed by atoms with E-state index in [0.29, 0.717) is 11.3 Å². The van der Waals surface area contributed by atoms with Gasteiger partial charge in [-0.05, 0) is 56.7 Å². The second-order valence-corrected chi connectivity index (χ2v) is 6.56. The highest BCUT2D eigenvalue weighted by Gasteiger charge is 2.15. The van der Waals surface area contributed by atoms with E-state index in [1.165, 1.54) is 12.5 Å². The van der Waals surface area contributed by atoms with Crippen LogP contribution in [0.1, 0.15) is 34.1 Å². The fourth-order valence-electron chi connectivity index (χ4n) is 2.85. The van der Waals surface area contributed by atoms with Crippen LogP contribution in [0.3, 0.4) is 0 Å². The molecular weight excluding hydrogens is 340 g/mol. The van der Waals surface area contributed by atoms with Crippen molar-refractivity contribution >= 4 is 23.2 Å². The normalized spacial score (nSPS) is 10.5. The predicted octanol–water partition coefficient (Wildman–Crippen LogP) is 4.01. The lowest BCUT2D eigenvalue weighted by Gasteiger charge is -2.10. The van der Waals surface area contributed by atoms with Crippen LogP contribution in [-0.2, 0) is 4.79 Å². The van der Waals surface area contributed by atoms with Gasteiger partial charge in [0.1, 0.15) is 0 Å². The molecule has 3 aromatic rings. The topological polar surface area (TPSA) is 76.0 Å². The average Bonchev–Trinajstić information content (AvgIpc) is 2.99. The highest BCUT2D eigenvalue weighted by molar-refractivity contribution is 6.05. The fourth-order valence-corrected chi connectivity index (χ4v) is 2.85. The van der Waals surface area contributed by atoms with Crippen molar-refractivity contribution in [3.05, 3.63) is 71.0 Å². The molecule has 0 aliphatic carbocycles. The molecule has 27 heavy (non-hydrogen) atoms. The van der Waals surface area contributed by atoms with E-state index < -0.39 is 0 Å². The van der Waals surface area contributed by atoms with E-state index in [9.17, 15) is 9.59 Å². The van der Waals surface area contributed by atoms with Crippen molar-refractivity contribution in [2.45, 2.75) is 27.7 Å². The number of anilines is 2. The molecule has 0 radical (unpaired) electrons. The third-order valence-electron chi connectivity index (χ3n) is 4.33. The first kappa shape index (κ1) is 18.4. The van der Waals surface area contributed by atoms with Gasteiger partial charge in [0.2, 0.25) is 5.91 Å². The summed E-state index contributed by atoms with van der Waals surface area (Å²) in [5.41, 5.74) is 5.61. The molecule has 1 aromatic heterocycles. The molecule has 0 fully saturated rings. The number of nitrogens with zero attached hydrogens (tertiary/aromatic N) is 2. The summed E-state index contributed by atoms with van der Waals surface area (Å²) >= 11 is 0. The number of hydrogen-bond acceptors (Lipinski definition) is 3. The van der Waals surface area contributed by atoms with Crippen molar-refractivity contribution in [1.82, 2.24) is 9.78 Å². The van der Waals surface area contributed by atoms with Gasteiger partial charge in [0.15, 0.2) is 0 Å². The molecule has 0 aliphatic rings. The van der Waals surface area contributed by atoms with Crippen molar-refractivity contribution in [3.63, 3.8) is 0 Å². The Labute approximate surface area is 158 Å². The molecule has 3 rings (SSSR count). The minimum absolute atomic E-state index is 0.131. The molecule has 1 heterocycles. The summed E-state index contributed by atoms with van der Waals surface area (Å²) in [4.78, 5) is 23.9. The molecule has 0 atom stereocenters. The Kier molecular flexibility index (Phi) is 5.07. The number of carbonyl (C=O) groups is 2. The number of nitrogens with one attached hydrogen (secondary N) is 2. The number of amides is 2. The van der Waals surface area contributed by atoms with Gasteiger partial charge in [-0.3, -0.25) is 9.59 Å². The molecule has 0 bridgehead atoms. The summed E-state index contributed by atoms with van der Waals surface area (Å²) in [6.45, 7) is 7.23. The van der Waals surface area contributed by atoms with Gasteiger partial charge in [-0.2, -0.15) is 5.10 Å². The van der Waals surface area contributed by atoms with Gasteiger partial charge >= 0.3 is 0 Å². The van der Waals surface area contributed by atoms with Crippen LogP contribution in [0.2, 0.25) is 0 Å². The lowest BCUT2D eigenvalue weighted by molar-refractivity contribution is -0.114. The van der Waals surface area contributed by atoms with Crippen LogP contribution in [0, 0.1) is 20.8 Å². The van der Waals surface area contributed by atoms with Gasteiger partial charge in [0, 0.05) is 18.3 Å². The molecular formula is C21H22N4O2. The van der Waals surface area contributed by atoms with Gasteiger partial charge in [-0.15, -0.1) is 0 Å². The fraction of sp³-hybridized carbons (Fsp3) is 0.190. The van der Waals surface area contributed by atoms with Gasteiger partial charge in [0.25, 0.3) is 5.91 Å². The van der Waals surface area contributed by atoms with Crippen molar-refractivity contribution in [2.24, 2.45) is 0 Å². The zero-order valence-electron chi connectivity index (χ0n) is 15.8. The molecule has 6 heteroatoms. The summed E-state index contributed by atoms with van der Waals surface area (Å²) < 4.78 is 1.75. The number of benzene rings is 2.